The Hall–Kier alpha value is -1.00. The number of carbonyl (C=O) groups excluding carboxylic acids is 1. The molecule has 1 atom stereocenters. The first kappa shape index (κ1) is 14.4. The molecule has 0 spiro atoms. The van der Waals surface area contributed by atoms with Crippen LogP contribution in [0.5, 0.6) is 0 Å². The van der Waals surface area contributed by atoms with E-state index in [-0.39, 0.29) is 11.2 Å². The van der Waals surface area contributed by atoms with Crippen LogP contribution in [-0.4, -0.2) is 30.3 Å². The second kappa shape index (κ2) is 5.55. The van der Waals surface area contributed by atoms with Gasteiger partial charge in [0.2, 0.25) is 0 Å². The van der Waals surface area contributed by atoms with Gasteiger partial charge in [0, 0.05) is 8.91 Å². The molecule has 0 aliphatic heterocycles. The molecule has 2 nitrogen and oxygen atoms in total. The summed E-state index contributed by atoms with van der Waals surface area (Å²) in [7, 11) is -1.18. The van der Waals surface area contributed by atoms with Crippen LogP contribution in [-0.2, 0) is 9.53 Å². The highest BCUT2D eigenvalue weighted by molar-refractivity contribution is 8.34. The molecule has 1 aromatic carbocycles. The van der Waals surface area contributed by atoms with Crippen molar-refractivity contribution in [2.75, 3.05) is 19.1 Å². The van der Waals surface area contributed by atoms with Crippen LogP contribution in [0.1, 0.15) is 13.8 Å². The van der Waals surface area contributed by atoms with E-state index in [9.17, 15) is 4.79 Å². The van der Waals surface area contributed by atoms with Crippen molar-refractivity contribution >= 4 is 37.4 Å². The van der Waals surface area contributed by atoms with Gasteiger partial charge in [0.25, 0.3) is 0 Å². The summed E-state index contributed by atoms with van der Waals surface area (Å²) in [5.41, 5.74) is 0. The SMILES string of the molecule is CCOC(=O)[C@@H](C)S(C)(C)c1cc2ccccc2s1. The van der Waals surface area contributed by atoms with Gasteiger partial charge in [-0.1, -0.05) is 18.2 Å². The molecule has 0 aliphatic carbocycles. The third-order valence-electron chi connectivity index (χ3n) is 3.42. The molecule has 0 fully saturated rings. The Labute approximate surface area is 120 Å². The molecule has 0 radical (unpaired) electrons. The molecule has 2 aromatic rings. The smallest absolute Gasteiger partial charge is 0.317 e. The van der Waals surface area contributed by atoms with E-state index in [0.29, 0.717) is 6.61 Å². The van der Waals surface area contributed by atoms with Crippen LogP contribution < -0.4 is 0 Å². The average molecular weight is 296 g/mol. The van der Waals surface area contributed by atoms with Gasteiger partial charge in [0.1, 0.15) is 0 Å². The summed E-state index contributed by atoms with van der Waals surface area (Å²) in [6, 6.07) is 10.6. The third kappa shape index (κ3) is 2.79. The fourth-order valence-corrected chi connectivity index (χ4v) is 5.58. The highest BCUT2D eigenvalue weighted by atomic mass is 32.3. The van der Waals surface area contributed by atoms with Gasteiger partial charge in [-0.05, 0) is 43.9 Å². The molecule has 1 aromatic heterocycles. The Morgan fingerprint density at radius 1 is 1.37 bits per heavy atom. The van der Waals surface area contributed by atoms with Crippen molar-refractivity contribution in [2.45, 2.75) is 23.3 Å². The number of fused-ring (bicyclic) bond motifs is 1. The molecule has 1 heterocycles. The van der Waals surface area contributed by atoms with E-state index in [0.717, 1.165) is 0 Å². The topological polar surface area (TPSA) is 26.3 Å². The van der Waals surface area contributed by atoms with E-state index < -0.39 is 10.0 Å². The molecule has 0 saturated carbocycles. The van der Waals surface area contributed by atoms with Crippen LogP contribution in [0, 0.1) is 0 Å². The highest BCUT2D eigenvalue weighted by Crippen LogP contribution is 2.57. The zero-order chi connectivity index (χ0) is 14.0. The summed E-state index contributed by atoms with van der Waals surface area (Å²) in [5, 5.41) is 1.19. The molecule has 104 valence electrons. The Morgan fingerprint density at radius 2 is 2.05 bits per heavy atom. The maximum Gasteiger partial charge on any atom is 0.317 e. The predicted octanol–water partition coefficient (Wildman–Crippen LogP) is 4.28. The van der Waals surface area contributed by atoms with Crippen molar-refractivity contribution in [2.24, 2.45) is 0 Å². The first-order valence-electron chi connectivity index (χ1n) is 6.34. The lowest BCUT2D eigenvalue weighted by molar-refractivity contribution is -0.142. The van der Waals surface area contributed by atoms with Crippen molar-refractivity contribution in [1.82, 2.24) is 0 Å². The van der Waals surface area contributed by atoms with Gasteiger partial charge in [-0.15, -0.1) is 11.3 Å². The van der Waals surface area contributed by atoms with Crippen LogP contribution >= 0.6 is 21.4 Å². The summed E-state index contributed by atoms with van der Waals surface area (Å²) < 4.78 is 7.77. The summed E-state index contributed by atoms with van der Waals surface area (Å²) in [4.78, 5) is 12.0. The van der Waals surface area contributed by atoms with Crippen molar-refractivity contribution in [3.05, 3.63) is 30.3 Å². The molecule has 19 heavy (non-hydrogen) atoms. The van der Waals surface area contributed by atoms with Gasteiger partial charge >= 0.3 is 5.97 Å². The van der Waals surface area contributed by atoms with E-state index in [1.54, 1.807) is 11.3 Å². The maximum atomic E-state index is 12.0. The Kier molecular flexibility index (Phi) is 4.21. The number of ether oxygens (including phenoxy) is 1. The fourth-order valence-electron chi connectivity index (χ4n) is 1.89. The minimum atomic E-state index is -1.18. The summed E-state index contributed by atoms with van der Waals surface area (Å²) in [5.74, 6) is -0.0834. The van der Waals surface area contributed by atoms with Gasteiger partial charge < -0.3 is 4.74 Å². The quantitative estimate of drug-likeness (QED) is 0.787. The van der Waals surface area contributed by atoms with Crippen LogP contribution in [0.2, 0.25) is 0 Å². The van der Waals surface area contributed by atoms with Crippen molar-refractivity contribution in [3.63, 3.8) is 0 Å². The van der Waals surface area contributed by atoms with Crippen molar-refractivity contribution < 1.29 is 9.53 Å². The second-order valence-corrected chi connectivity index (χ2v) is 10.2. The zero-order valence-electron chi connectivity index (χ0n) is 11.8. The lowest BCUT2D eigenvalue weighted by Gasteiger charge is -2.34. The van der Waals surface area contributed by atoms with Gasteiger partial charge in [0.15, 0.2) is 0 Å². The zero-order valence-corrected chi connectivity index (χ0v) is 13.4. The normalized spacial score (nSPS) is 14.3. The Balaban J connectivity index is 2.34. The van der Waals surface area contributed by atoms with Crippen LogP contribution in [0.3, 0.4) is 0 Å². The number of esters is 1. The molecule has 0 amide bonds. The van der Waals surface area contributed by atoms with E-state index >= 15 is 0 Å². The summed E-state index contributed by atoms with van der Waals surface area (Å²) in [6.45, 7) is 4.29. The number of hydrogen-bond donors (Lipinski definition) is 0. The second-order valence-electron chi connectivity index (χ2n) is 4.90. The van der Waals surface area contributed by atoms with E-state index in [1.807, 2.05) is 13.8 Å². The minimum absolute atomic E-state index is 0.0690. The highest BCUT2D eigenvalue weighted by Gasteiger charge is 2.31. The molecule has 4 heteroatoms. The molecule has 0 aliphatic rings. The largest absolute Gasteiger partial charge is 0.465 e. The van der Waals surface area contributed by atoms with Crippen molar-refractivity contribution in [1.29, 1.82) is 0 Å². The van der Waals surface area contributed by atoms with E-state index in [4.69, 9.17) is 4.74 Å². The van der Waals surface area contributed by atoms with Crippen molar-refractivity contribution in [3.8, 4) is 0 Å². The Bertz CT molecular complexity index is 554. The molecular weight excluding hydrogens is 276 g/mol. The monoisotopic (exact) mass is 296 g/mol. The average Bonchev–Trinajstić information content (AvgIpc) is 2.82. The van der Waals surface area contributed by atoms with Gasteiger partial charge in [-0.3, -0.25) is 4.79 Å². The van der Waals surface area contributed by atoms with Gasteiger partial charge in [-0.25, -0.2) is 0 Å². The summed E-state index contributed by atoms with van der Waals surface area (Å²) >= 11 is 1.80. The van der Waals surface area contributed by atoms with Gasteiger partial charge in [0.05, 0.1) is 11.9 Å². The van der Waals surface area contributed by atoms with Crippen LogP contribution in [0.15, 0.2) is 34.5 Å². The van der Waals surface area contributed by atoms with Crippen LogP contribution in [0.25, 0.3) is 10.1 Å². The number of rotatable bonds is 4. The molecule has 0 bridgehead atoms. The molecule has 0 unspecified atom stereocenters. The molecule has 0 N–H and O–H groups in total. The van der Waals surface area contributed by atoms with E-state index in [1.165, 1.54) is 14.3 Å². The number of carbonyl (C=O) groups is 1. The maximum absolute atomic E-state index is 12.0. The lowest BCUT2D eigenvalue weighted by Crippen LogP contribution is -2.25. The Morgan fingerprint density at radius 3 is 2.68 bits per heavy atom. The third-order valence-corrected chi connectivity index (χ3v) is 8.99. The van der Waals surface area contributed by atoms with Gasteiger partial charge in [-0.2, -0.15) is 10.0 Å². The van der Waals surface area contributed by atoms with Crippen LogP contribution in [0.4, 0.5) is 0 Å². The predicted molar refractivity (Wildman–Crippen MR) is 85.6 cm³/mol. The molecular formula is C15H20O2S2. The standard InChI is InChI=1S/C15H20O2S2/c1-5-17-15(16)11(2)19(3,4)14-10-12-8-6-7-9-13(12)18-14/h6-11H,5H2,1-4H3/t11-/m1/s1. The number of thiophene rings is 1. The molecule has 0 saturated heterocycles. The summed E-state index contributed by atoms with van der Waals surface area (Å²) in [6.07, 6.45) is 4.39. The number of benzene rings is 1. The minimum Gasteiger partial charge on any atom is -0.465 e. The number of hydrogen-bond acceptors (Lipinski definition) is 3. The lowest BCUT2D eigenvalue weighted by atomic mass is 10.3. The molecule has 2 rings (SSSR count). The first-order valence-corrected chi connectivity index (χ1v) is 9.67. The van der Waals surface area contributed by atoms with E-state index in [2.05, 4.69) is 42.8 Å². The fraction of sp³-hybridized carbons (Fsp3) is 0.400. The first-order chi connectivity index (χ1) is 8.96.